The lowest BCUT2D eigenvalue weighted by Crippen LogP contribution is -2.34. The topological polar surface area (TPSA) is 76.6 Å². The number of pyridine rings is 1. The molecular formula is C26H21F3N2O4S. The number of hydrogen-bond acceptors (Lipinski definition) is 5. The third-order valence-corrected chi connectivity index (χ3v) is 6.30. The van der Waals surface area contributed by atoms with Gasteiger partial charge in [-0.25, -0.2) is 4.98 Å². The average molecular weight is 515 g/mol. The molecule has 0 aliphatic rings. The molecule has 0 bridgehead atoms. The number of hydrogen-bond donors (Lipinski definition) is 0. The summed E-state index contributed by atoms with van der Waals surface area (Å²) in [5.74, 6) is -1.49. The molecule has 1 aromatic heterocycles. The van der Waals surface area contributed by atoms with Crippen LogP contribution in [0, 0.1) is 0 Å². The van der Waals surface area contributed by atoms with Crippen molar-refractivity contribution < 1.29 is 30.6 Å². The van der Waals surface area contributed by atoms with Crippen molar-refractivity contribution in [1.82, 2.24) is 4.98 Å². The van der Waals surface area contributed by atoms with Crippen molar-refractivity contribution in [2.24, 2.45) is 0 Å². The monoisotopic (exact) mass is 514 g/mol. The molecule has 0 aliphatic carbocycles. The normalized spacial score (nSPS) is 11.9. The highest BCUT2D eigenvalue weighted by Crippen LogP contribution is 2.40. The molecule has 0 radical (unpaired) electrons. The van der Waals surface area contributed by atoms with E-state index in [1.165, 1.54) is 11.0 Å². The number of rotatable bonds is 7. The molecule has 4 aromatic rings. The third-order valence-electron chi connectivity index (χ3n) is 5.35. The number of nitrogens with zero attached hydrogens (tertiary/aromatic N) is 2. The van der Waals surface area contributed by atoms with Gasteiger partial charge in [-0.1, -0.05) is 73.7 Å². The van der Waals surface area contributed by atoms with Gasteiger partial charge in [0, 0.05) is 23.2 Å². The number of aromatic nitrogens is 1. The fourth-order valence-corrected chi connectivity index (χ4v) is 4.23. The summed E-state index contributed by atoms with van der Waals surface area (Å²) in [5, 5.41) is 0.159. The second kappa shape index (κ2) is 9.98. The maximum atomic E-state index is 14.0. The highest BCUT2D eigenvalue weighted by Gasteiger charge is 2.49. The maximum absolute atomic E-state index is 14.0. The Morgan fingerprint density at radius 1 is 0.917 bits per heavy atom. The van der Waals surface area contributed by atoms with Crippen LogP contribution in [0.15, 0.2) is 84.9 Å². The van der Waals surface area contributed by atoms with E-state index in [-0.39, 0.29) is 28.8 Å². The summed E-state index contributed by atoms with van der Waals surface area (Å²) in [6.45, 7) is 2.07. The summed E-state index contributed by atoms with van der Waals surface area (Å²) in [4.78, 5) is 19.8. The van der Waals surface area contributed by atoms with E-state index in [2.05, 4.69) is 4.98 Å². The summed E-state index contributed by atoms with van der Waals surface area (Å²) in [5.41, 5.74) is -5.17. The first-order chi connectivity index (χ1) is 17.1. The van der Waals surface area contributed by atoms with Crippen LogP contribution in [0.2, 0.25) is 0 Å². The van der Waals surface area contributed by atoms with Crippen molar-refractivity contribution in [3.05, 3.63) is 90.5 Å². The molecule has 0 N–H and O–H groups in total. The predicted molar refractivity (Wildman–Crippen MR) is 131 cm³/mol. The van der Waals surface area contributed by atoms with E-state index in [1.807, 2.05) is 6.92 Å². The molecule has 0 fully saturated rings. The number of halogens is 3. The van der Waals surface area contributed by atoms with Crippen LogP contribution in [-0.4, -0.2) is 31.4 Å². The molecule has 186 valence electrons. The molecule has 0 spiro atoms. The average Bonchev–Trinajstić information content (AvgIpc) is 2.86. The standard InChI is InChI=1S/C26H21F3N2O4S/c1-2-17-31(19-13-7-4-8-14-19)25(32)22-20-15-9-10-16-21(20)30-23(18-11-5-3-6-12-18)24(22)35-36(33,34)26(27,28)29/h3-16H,2,17H2,1H3. The van der Waals surface area contributed by atoms with Crippen molar-refractivity contribution in [3.63, 3.8) is 0 Å². The van der Waals surface area contributed by atoms with Crippen LogP contribution in [-0.2, 0) is 10.1 Å². The Morgan fingerprint density at radius 2 is 1.50 bits per heavy atom. The van der Waals surface area contributed by atoms with Crippen LogP contribution in [0.1, 0.15) is 23.7 Å². The van der Waals surface area contributed by atoms with E-state index in [4.69, 9.17) is 4.18 Å². The maximum Gasteiger partial charge on any atom is 0.534 e. The van der Waals surface area contributed by atoms with E-state index < -0.39 is 27.3 Å². The second-order valence-corrected chi connectivity index (χ2v) is 9.36. The first kappa shape index (κ1) is 25.2. The van der Waals surface area contributed by atoms with Gasteiger partial charge in [0.2, 0.25) is 0 Å². The number of fused-ring (bicyclic) bond motifs is 1. The number of carbonyl (C=O) groups excluding carboxylic acids is 1. The first-order valence-electron chi connectivity index (χ1n) is 11.0. The summed E-state index contributed by atoms with van der Waals surface area (Å²) in [6, 6.07) is 22.9. The van der Waals surface area contributed by atoms with E-state index >= 15 is 0 Å². The zero-order valence-electron chi connectivity index (χ0n) is 19.1. The molecule has 4 rings (SSSR count). The van der Waals surface area contributed by atoms with E-state index in [0.29, 0.717) is 17.6 Å². The van der Waals surface area contributed by atoms with E-state index in [1.54, 1.807) is 78.9 Å². The Morgan fingerprint density at radius 3 is 2.11 bits per heavy atom. The van der Waals surface area contributed by atoms with E-state index in [0.717, 1.165) is 0 Å². The highest BCUT2D eigenvalue weighted by atomic mass is 32.2. The minimum Gasteiger partial charge on any atom is -0.373 e. The largest absolute Gasteiger partial charge is 0.534 e. The fourth-order valence-electron chi connectivity index (χ4n) is 3.75. The minimum absolute atomic E-state index is 0.159. The minimum atomic E-state index is -6.12. The summed E-state index contributed by atoms with van der Waals surface area (Å²) in [7, 11) is -6.12. The number of benzene rings is 3. The third kappa shape index (κ3) is 4.90. The number of alkyl halides is 3. The van der Waals surface area contributed by atoms with Gasteiger partial charge in [0.25, 0.3) is 5.91 Å². The molecule has 10 heteroatoms. The zero-order chi connectivity index (χ0) is 25.9. The summed E-state index contributed by atoms with van der Waals surface area (Å²) in [6.07, 6.45) is 0.534. The van der Waals surface area contributed by atoms with Crippen LogP contribution in [0.5, 0.6) is 5.75 Å². The number of carbonyl (C=O) groups is 1. The molecule has 3 aromatic carbocycles. The molecule has 0 aliphatic heterocycles. The second-order valence-electron chi connectivity index (χ2n) is 7.82. The molecule has 6 nitrogen and oxygen atoms in total. The van der Waals surface area contributed by atoms with Gasteiger partial charge in [-0.3, -0.25) is 4.79 Å². The van der Waals surface area contributed by atoms with Crippen LogP contribution in [0.25, 0.3) is 22.2 Å². The summed E-state index contributed by atoms with van der Waals surface area (Å²) >= 11 is 0. The van der Waals surface area contributed by atoms with Crippen LogP contribution >= 0.6 is 0 Å². The van der Waals surface area contributed by atoms with Gasteiger partial charge in [-0.2, -0.15) is 21.6 Å². The number of amides is 1. The number of anilines is 1. The van der Waals surface area contributed by atoms with Crippen LogP contribution < -0.4 is 9.08 Å². The molecule has 1 amide bonds. The zero-order valence-corrected chi connectivity index (χ0v) is 19.9. The van der Waals surface area contributed by atoms with Gasteiger partial charge in [-0.15, -0.1) is 0 Å². The van der Waals surface area contributed by atoms with Crippen molar-refractivity contribution in [2.75, 3.05) is 11.4 Å². The molecule has 36 heavy (non-hydrogen) atoms. The lowest BCUT2D eigenvalue weighted by atomic mass is 10.0. The number of para-hydroxylation sites is 2. The van der Waals surface area contributed by atoms with Gasteiger partial charge >= 0.3 is 15.6 Å². The first-order valence-corrected chi connectivity index (χ1v) is 12.4. The van der Waals surface area contributed by atoms with Crippen LogP contribution in [0.4, 0.5) is 18.9 Å². The molecule has 1 heterocycles. The molecule has 0 saturated heterocycles. The van der Waals surface area contributed by atoms with Crippen molar-refractivity contribution >= 4 is 32.6 Å². The lowest BCUT2D eigenvalue weighted by molar-refractivity contribution is -0.0500. The van der Waals surface area contributed by atoms with Crippen molar-refractivity contribution in [3.8, 4) is 17.0 Å². The molecular weight excluding hydrogens is 493 g/mol. The van der Waals surface area contributed by atoms with E-state index in [9.17, 15) is 26.4 Å². The fraction of sp³-hybridized carbons (Fsp3) is 0.154. The van der Waals surface area contributed by atoms with Gasteiger partial charge < -0.3 is 9.08 Å². The SMILES string of the molecule is CCCN(C(=O)c1c(OS(=O)(=O)C(F)(F)F)c(-c2ccccc2)nc2ccccc12)c1ccccc1. The van der Waals surface area contributed by atoms with Gasteiger partial charge in [-0.05, 0) is 24.6 Å². The Bertz CT molecular complexity index is 1490. The highest BCUT2D eigenvalue weighted by molar-refractivity contribution is 7.88. The van der Waals surface area contributed by atoms with Crippen molar-refractivity contribution in [2.45, 2.75) is 18.9 Å². The van der Waals surface area contributed by atoms with Crippen molar-refractivity contribution in [1.29, 1.82) is 0 Å². The Balaban J connectivity index is 2.07. The Kier molecular flexibility index (Phi) is 6.98. The van der Waals surface area contributed by atoms with Gasteiger partial charge in [0.05, 0.1) is 11.1 Å². The molecule has 0 atom stereocenters. The Hall–Kier alpha value is -3.92. The lowest BCUT2D eigenvalue weighted by Gasteiger charge is -2.25. The smallest absolute Gasteiger partial charge is 0.373 e. The summed E-state index contributed by atoms with van der Waals surface area (Å²) < 4.78 is 69.3. The predicted octanol–water partition coefficient (Wildman–Crippen LogP) is 6.19. The van der Waals surface area contributed by atoms with Crippen LogP contribution in [0.3, 0.4) is 0 Å². The Labute approximate surface area is 206 Å². The molecule has 0 unspecified atom stereocenters. The quantitative estimate of drug-likeness (QED) is 0.217. The molecule has 0 saturated carbocycles. The van der Waals surface area contributed by atoms with Gasteiger partial charge in [0.15, 0.2) is 5.75 Å². The van der Waals surface area contributed by atoms with Gasteiger partial charge in [0.1, 0.15) is 5.69 Å².